The molecule has 2 aromatic carbocycles. The van der Waals surface area contributed by atoms with Crippen molar-refractivity contribution in [3.05, 3.63) is 71.8 Å². The van der Waals surface area contributed by atoms with E-state index in [2.05, 4.69) is 24.3 Å². The van der Waals surface area contributed by atoms with Crippen molar-refractivity contribution in [3.8, 4) is 0 Å². The first-order valence-electron chi connectivity index (χ1n) is 6.36. The monoisotopic (exact) mass is 240 g/mol. The highest BCUT2D eigenvalue weighted by atomic mass is 14.7. The van der Waals surface area contributed by atoms with Gasteiger partial charge in [0.05, 0.1) is 0 Å². The van der Waals surface area contributed by atoms with Crippen LogP contribution in [-0.2, 0) is 6.42 Å². The summed E-state index contributed by atoms with van der Waals surface area (Å²) >= 11 is 0. The van der Waals surface area contributed by atoms with Crippen LogP contribution in [0, 0.1) is 0 Å². The molecule has 2 heteroatoms. The second-order valence-corrected chi connectivity index (χ2v) is 4.61. The molecule has 1 unspecified atom stereocenters. The van der Waals surface area contributed by atoms with Crippen LogP contribution < -0.4 is 11.5 Å². The number of hydrogen-bond acceptors (Lipinski definition) is 2. The number of rotatable bonds is 5. The summed E-state index contributed by atoms with van der Waals surface area (Å²) in [5.74, 6) is 0.214. The molecule has 0 saturated carbocycles. The fourth-order valence-electron chi connectivity index (χ4n) is 2.29. The summed E-state index contributed by atoms with van der Waals surface area (Å²) < 4.78 is 0. The van der Waals surface area contributed by atoms with E-state index >= 15 is 0 Å². The van der Waals surface area contributed by atoms with Gasteiger partial charge in [0.1, 0.15) is 0 Å². The van der Waals surface area contributed by atoms with Crippen LogP contribution in [0.25, 0.3) is 0 Å². The lowest BCUT2D eigenvalue weighted by molar-refractivity contribution is 0.535. The molecule has 0 aromatic heterocycles. The highest BCUT2D eigenvalue weighted by Gasteiger charge is 2.18. The minimum Gasteiger partial charge on any atom is -0.330 e. The Morgan fingerprint density at radius 1 is 0.833 bits per heavy atom. The van der Waals surface area contributed by atoms with Gasteiger partial charge in [-0.3, -0.25) is 0 Å². The average Bonchev–Trinajstić information content (AvgIpc) is 2.42. The largest absolute Gasteiger partial charge is 0.330 e. The highest BCUT2D eigenvalue weighted by Crippen LogP contribution is 2.19. The smallest absolute Gasteiger partial charge is 0.0161 e. The van der Waals surface area contributed by atoms with E-state index in [9.17, 15) is 0 Å². The molecule has 0 radical (unpaired) electrons. The Morgan fingerprint density at radius 3 is 1.94 bits per heavy atom. The average molecular weight is 240 g/mol. The van der Waals surface area contributed by atoms with E-state index in [1.165, 1.54) is 11.1 Å². The molecular weight excluding hydrogens is 220 g/mol. The molecule has 94 valence electrons. The van der Waals surface area contributed by atoms with Crippen LogP contribution in [0.5, 0.6) is 0 Å². The molecule has 0 bridgehead atoms. The zero-order valence-electron chi connectivity index (χ0n) is 10.5. The van der Waals surface area contributed by atoms with Crippen LogP contribution in [-0.4, -0.2) is 12.6 Å². The molecule has 0 heterocycles. The van der Waals surface area contributed by atoms with Crippen LogP contribution in [0.2, 0.25) is 0 Å². The highest BCUT2D eigenvalue weighted by molar-refractivity contribution is 5.24. The first-order valence-corrected chi connectivity index (χ1v) is 6.36. The molecule has 0 spiro atoms. The van der Waals surface area contributed by atoms with Crippen molar-refractivity contribution in [2.24, 2.45) is 11.5 Å². The molecule has 0 aliphatic heterocycles. The van der Waals surface area contributed by atoms with Gasteiger partial charge in [-0.15, -0.1) is 0 Å². The van der Waals surface area contributed by atoms with Crippen LogP contribution in [0.3, 0.4) is 0 Å². The molecule has 2 rings (SSSR count). The van der Waals surface area contributed by atoms with Gasteiger partial charge in [-0.05, 0) is 17.5 Å². The predicted molar refractivity (Wildman–Crippen MR) is 76.4 cm³/mol. The molecule has 0 aliphatic rings. The summed E-state index contributed by atoms with van der Waals surface area (Å²) in [5, 5.41) is 0. The molecule has 18 heavy (non-hydrogen) atoms. The lowest BCUT2D eigenvalue weighted by Gasteiger charge is -2.23. The van der Waals surface area contributed by atoms with Gasteiger partial charge in [0.2, 0.25) is 0 Å². The number of nitrogens with two attached hydrogens (primary N) is 2. The Morgan fingerprint density at radius 2 is 1.39 bits per heavy atom. The zero-order chi connectivity index (χ0) is 12.8. The summed E-state index contributed by atoms with van der Waals surface area (Å²) in [5.41, 5.74) is 14.7. The second-order valence-electron chi connectivity index (χ2n) is 4.61. The van der Waals surface area contributed by atoms with Crippen molar-refractivity contribution in [3.63, 3.8) is 0 Å². The van der Waals surface area contributed by atoms with Gasteiger partial charge in [0, 0.05) is 18.5 Å². The van der Waals surface area contributed by atoms with Crippen LogP contribution in [0.15, 0.2) is 60.7 Å². The number of benzene rings is 2. The van der Waals surface area contributed by atoms with Crippen molar-refractivity contribution in [2.45, 2.75) is 18.4 Å². The first kappa shape index (κ1) is 12.8. The van der Waals surface area contributed by atoms with E-state index < -0.39 is 0 Å². The van der Waals surface area contributed by atoms with E-state index in [4.69, 9.17) is 11.5 Å². The van der Waals surface area contributed by atoms with Gasteiger partial charge in [-0.25, -0.2) is 0 Å². The van der Waals surface area contributed by atoms with Crippen molar-refractivity contribution in [1.82, 2.24) is 0 Å². The predicted octanol–water partition coefficient (Wildman–Crippen LogP) is 2.30. The topological polar surface area (TPSA) is 52.0 Å². The molecular formula is C16H20N2. The summed E-state index contributed by atoms with van der Waals surface area (Å²) in [6.07, 6.45) is 0.859. The Balaban J connectivity index is 2.09. The zero-order valence-corrected chi connectivity index (χ0v) is 10.5. The number of hydrogen-bond donors (Lipinski definition) is 2. The Labute approximate surface area is 109 Å². The van der Waals surface area contributed by atoms with Crippen LogP contribution in [0.4, 0.5) is 0 Å². The van der Waals surface area contributed by atoms with Gasteiger partial charge in [-0.1, -0.05) is 60.7 Å². The van der Waals surface area contributed by atoms with Crippen molar-refractivity contribution in [2.75, 3.05) is 6.54 Å². The van der Waals surface area contributed by atoms with Gasteiger partial charge < -0.3 is 11.5 Å². The fourth-order valence-corrected chi connectivity index (χ4v) is 2.29. The van der Waals surface area contributed by atoms with E-state index in [-0.39, 0.29) is 12.0 Å². The molecule has 2 atom stereocenters. The molecule has 0 amide bonds. The maximum absolute atomic E-state index is 6.31. The molecule has 0 saturated heterocycles. The molecule has 4 N–H and O–H groups in total. The first-order chi connectivity index (χ1) is 8.81. The van der Waals surface area contributed by atoms with E-state index in [1.54, 1.807) is 0 Å². The van der Waals surface area contributed by atoms with Gasteiger partial charge >= 0.3 is 0 Å². The van der Waals surface area contributed by atoms with Crippen molar-refractivity contribution < 1.29 is 0 Å². The SMILES string of the molecule is NCC(c1ccccc1)[C@@H](N)Cc1ccccc1. The minimum absolute atomic E-state index is 0.0554. The Kier molecular flexibility index (Phi) is 4.51. The van der Waals surface area contributed by atoms with Gasteiger partial charge in [0.25, 0.3) is 0 Å². The Hall–Kier alpha value is -1.64. The van der Waals surface area contributed by atoms with Crippen LogP contribution in [0.1, 0.15) is 17.0 Å². The Bertz CT molecular complexity index is 453. The quantitative estimate of drug-likeness (QED) is 0.842. The maximum Gasteiger partial charge on any atom is 0.0161 e. The normalized spacial score (nSPS) is 14.1. The third-order valence-electron chi connectivity index (χ3n) is 3.31. The maximum atomic E-state index is 6.31. The third-order valence-corrected chi connectivity index (χ3v) is 3.31. The van der Waals surface area contributed by atoms with E-state index in [0.717, 1.165) is 6.42 Å². The third kappa shape index (κ3) is 3.19. The lowest BCUT2D eigenvalue weighted by Crippen LogP contribution is -2.35. The lowest BCUT2D eigenvalue weighted by atomic mass is 9.88. The molecule has 0 aliphatic carbocycles. The molecule has 0 fully saturated rings. The van der Waals surface area contributed by atoms with Gasteiger partial charge in [-0.2, -0.15) is 0 Å². The van der Waals surface area contributed by atoms with E-state index in [1.807, 2.05) is 36.4 Å². The van der Waals surface area contributed by atoms with Crippen molar-refractivity contribution >= 4 is 0 Å². The summed E-state index contributed by atoms with van der Waals surface area (Å²) in [4.78, 5) is 0. The molecule has 2 aromatic rings. The minimum atomic E-state index is 0.0554. The molecule has 2 nitrogen and oxygen atoms in total. The van der Waals surface area contributed by atoms with Crippen LogP contribution >= 0.6 is 0 Å². The summed E-state index contributed by atoms with van der Waals surface area (Å²) in [6, 6.07) is 20.7. The summed E-state index contributed by atoms with van der Waals surface area (Å²) in [6.45, 7) is 0.581. The summed E-state index contributed by atoms with van der Waals surface area (Å²) in [7, 11) is 0. The standard InChI is InChI=1S/C16H20N2/c17-12-15(14-9-5-2-6-10-14)16(18)11-13-7-3-1-4-8-13/h1-10,15-16H,11-12,17-18H2/t15?,16-/m0/s1. The van der Waals surface area contributed by atoms with E-state index in [0.29, 0.717) is 6.54 Å². The second kappa shape index (κ2) is 6.34. The van der Waals surface area contributed by atoms with Gasteiger partial charge in [0.15, 0.2) is 0 Å². The fraction of sp³-hybridized carbons (Fsp3) is 0.250. The van der Waals surface area contributed by atoms with Crippen molar-refractivity contribution in [1.29, 1.82) is 0 Å².